The number of nitrogens with zero attached hydrogens (tertiary/aromatic N) is 2. The lowest BCUT2D eigenvalue weighted by Crippen LogP contribution is -2.49. The molecule has 1 N–H and O–H groups in total. The van der Waals surface area contributed by atoms with Gasteiger partial charge in [0.25, 0.3) is 5.91 Å². The third-order valence-electron chi connectivity index (χ3n) is 7.66. The van der Waals surface area contributed by atoms with E-state index in [1.54, 1.807) is 24.3 Å². The van der Waals surface area contributed by atoms with Crippen LogP contribution in [-0.2, 0) is 22.6 Å². The molecule has 3 atom stereocenters. The highest BCUT2D eigenvalue weighted by Crippen LogP contribution is 2.40. The first-order valence-corrected chi connectivity index (χ1v) is 13.2. The van der Waals surface area contributed by atoms with Crippen molar-refractivity contribution in [1.82, 2.24) is 15.1 Å². The predicted octanol–water partition coefficient (Wildman–Crippen LogP) is 4.26. The Balaban J connectivity index is 1.27. The number of carbonyl (C=O) groups is 2. The van der Waals surface area contributed by atoms with Gasteiger partial charge in [-0.1, -0.05) is 54.8 Å². The topological polar surface area (TPSA) is 61.9 Å². The molecule has 2 aromatic carbocycles. The highest BCUT2D eigenvalue weighted by molar-refractivity contribution is 6.31. The van der Waals surface area contributed by atoms with Gasteiger partial charge in [0.2, 0.25) is 5.91 Å². The van der Waals surface area contributed by atoms with Crippen molar-refractivity contribution in [2.24, 2.45) is 5.92 Å². The van der Waals surface area contributed by atoms with Crippen LogP contribution >= 0.6 is 11.6 Å². The van der Waals surface area contributed by atoms with Gasteiger partial charge >= 0.3 is 0 Å². The zero-order valence-corrected chi connectivity index (χ0v) is 20.9. The number of halogens is 1. The molecule has 3 fully saturated rings. The molecule has 5 rings (SSSR count). The molecule has 6 nitrogen and oxygen atoms in total. The Morgan fingerprint density at radius 1 is 1.00 bits per heavy atom. The lowest BCUT2D eigenvalue weighted by Gasteiger charge is -2.33. The molecule has 0 bridgehead atoms. The summed E-state index contributed by atoms with van der Waals surface area (Å²) in [5, 5.41) is 3.67. The Hall–Kier alpha value is -2.41. The summed E-state index contributed by atoms with van der Waals surface area (Å²) in [6, 6.07) is 15.1. The molecule has 2 amide bonds. The zero-order chi connectivity index (χ0) is 24.2. The van der Waals surface area contributed by atoms with Crippen molar-refractivity contribution in [3.05, 3.63) is 70.2 Å². The van der Waals surface area contributed by atoms with Crippen LogP contribution < -0.4 is 5.32 Å². The van der Waals surface area contributed by atoms with Crippen LogP contribution in [0.3, 0.4) is 0 Å². The summed E-state index contributed by atoms with van der Waals surface area (Å²) in [5.74, 6) is 0.238. The number of likely N-dealkylation sites (tertiary alicyclic amines) is 1. The predicted molar refractivity (Wildman–Crippen MR) is 136 cm³/mol. The maximum Gasteiger partial charge on any atom is 0.254 e. The quantitative estimate of drug-likeness (QED) is 0.650. The minimum absolute atomic E-state index is 0.0617. The van der Waals surface area contributed by atoms with E-state index >= 15 is 0 Å². The number of rotatable bonds is 6. The molecule has 2 saturated heterocycles. The number of ether oxygens (including phenoxy) is 1. The van der Waals surface area contributed by atoms with Gasteiger partial charge in [0.15, 0.2) is 0 Å². The maximum atomic E-state index is 13.6. The summed E-state index contributed by atoms with van der Waals surface area (Å²) in [5.41, 5.74) is 2.87. The van der Waals surface area contributed by atoms with E-state index in [0.29, 0.717) is 23.0 Å². The maximum absolute atomic E-state index is 13.6. The van der Waals surface area contributed by atoms with Crippen LogP contribution in [0, 0.1) is 5.92 Å². The van der Waals surface area contributed by atoms with E-state index in [0.717, 1.165) is 64.1 Å². The van der Waals surface area contributed by atoms with E-state index in [1.807, 2.05) is 11.0 Å². The van der Waals surface area contributed by atoms with Crippen molar-refractivity contribution in [2.75, 3.05) is 26.3 Å². The van der Waals surface area contributed by atoms with Gasteiger partial charge in [-0.2, -0.15) is 0 Å². The van der Waals surface area contributed by atoms with E-state index in [9.17, 15) is 9.59 Å². The van der Waals surface area contributed by atoms with Crippen molar-refractivity contribution in [2.45, 2.75) is 57.3 Å². The minimum Gasteiger partial charge on any atom is -0.379 e. The molecule has 2 aromatic rings. The molecule has 2 aliphatic heterocycles. The van der Waals surface area contributed by atoms with Crippen LogP contribution in [0.1, 0.15) is 53.6 Å². The van der Waals surface area contributed by atoms with E-state index in [4.69, 9.17) is 16.3 Å². The van der Waals surface area contributed by atoms with Crippen LogP contribution in [0.25, 0.3) is 0 Å². The average Bonchev–Trinajstić information content (AvgIpc) is 3.27. The van der Waals surface area contributed by atoms with E-state index in [-0.39, 0.29) is 17.9 Å². The van der Waals surface area contributed by atoms with Gasteiger partial charge in [0, 0.05) is 42.8 Å². The Labute approximate surface area is 212 Å². The molecular formula is C28H34ClN3O3. The SMILES string of the molecule is O=C(NCc1cccc(CN2CCOCC2)c1)[C@@H]1C[C@H]2CCCC[C@H]2N1C(=O)c1cccc(Cl)c1. The highest BCUT2D eigenvalue weighted by atomic mass is 35.5. The van der Waals surface area contributed by atoms with Crippen molar-refractivity contribution in [1.29, 1.82) is 0 Å². The van der Waals surface area contributed by atoms with Gasteiger partial charge in [-0.3, -0.25) is 14.5 Å². The summed E-state index contributed by atoms with van der Waals surface area (Å²) in [6.07, 6.45) is 5.05. The molecule has 7 heteroatoms. The molecule has 1 aliphatic carbocycles. The normalized spacial score (nSPS) is 24.7. The van der Waals surface area contributed by atoms with E-state index in [2.05, 4.69) is 28.4 Å². The zero-order valence-electron chi connectivity index (χ0n) is 20.1. The van der Waals surface area contributed by atoms with Crippen LogP contribution in [0.5, 0.6) is 0 Å². The fraction of sp³-hybridized carbons (Fsp3) is 0.500. The molecule has 0 radical (unpaired) electrons. The molecule has 1 saturated carbocycles. The smallest absolute Gasteiger partial charge is 0.254 e. The summed E-state index contributed by atoms with van der Waals surface area (Å²) >= 11 is 6.16. The number of benzene rings is 2. The summed E-state index contributed by atoms with van der Waals surface area (Å²) < 4.78 is 5.45. The van der Waals surface area contributed by atoms with Crippen LogP contribution in [0.2, 0.25) is 5.02 Å². The first kappa shape index (κ1) is 24.3. The van der Waals surface area contributed by atoms with Gasteiger partial charge in [0.1, 0.15) is 6.04 Å². The van der Waals surface area contributed by atoms with Crippen LogP contribution in [0.15, 0.2) is 48.5 Å². The molecular weight excluding hydrogens is 462 g/mol. The summed E-state index contributed by atoms with van der Waals surface area (Å²) in [4.78, 5) is 31.2. The number of hydrogen-bond acceptors (Lipinski definition) is 4. The molecule has 2 heterocycles. The second-order valence-corrected chi connectivity index (χ2v) is 10.4. The average molecular weight is 496 g/mol. The number of morpholine rings is 1. The molecule has 0 spiro atoms. The fourth-order valence-electron chi connectivity index (χ4n) is 5.92. The minimum atomic E-state index is -0.439. The fourth-order valence-corrected chi connectivity index (χ4v) is 6.11. The second-order valence-electron chi connectivity index (χ2n) is 10.0. The third-order valence-corrected chi connectivity index (χ3v) is 7.90. The summed E-state index contributed by atoms with van der Waals surface area (Å²) in [7, 11) is 0. The van der Waals surface area contributed by atoms with E-state index < -0.39 is 6.04 Å². The Bertz CT molecular complexity index is 1060. The van der Waals surface area contributed by atoms with Crippen molar-refractivity contribution in [3.8, 4) is 0 Å². The third kappa shape index (κ3) is 5.71. The first-order chi connectivity index (χ1) is 17.1. The second kappa shape index (κ2) is 11.1. The molecule has 35 heavy (non-hydrogen) atoms. The summed E-state index contributed by atoms with van der Waals surface area (Å²) in [6.45, 7) is 4.80. The van der Waals surface area contributed by atoms with E-state index in [1.165, 1.54) is 12.0 Å². The van der Waals surface area contributed by atoms with Crippen LogP contribution in [-0.4, -0.2) is 60.0 Å². The Kier molecular flexibility index (Phi) is 7.71. The number of carbonyl (C=O) groups excluding carboxylic acids is 2. The number of hydrogen-bond donors (Lipinski definition) is 1. The molecule has 0 unspecified atom stereocenters. The number of nitrogens with one attached hydrogen (secondary N) is 1. The standard InChI is InChI=1S/C28H34ClN3O3/c29-24-9-4-8-23(16-24)28(34)32-25-10-2-1-7-22(25)17-26(32)27(33)30-18-20-5-3-6-21(15-20)19-31-11-13-35-14-12-31/h3-6,8-9,15-16,22,25-26H,1-2,7,10-14,17-19H2,(H,30,33)/t22-,25-,26+/m1/s1. The Morgan fingerprint density at radius 2 is 1.77 bits per heavy atom. The lowest BCUT2D eigenvalue weighted by atomic mass is 9.84. The number of amides is 2. The van der Waals surface area contributed by atoms with Gasteiger partial charge in [-0.05, 0) is 54.5 Å². The van der Waals surface area contributed by atoms with Crippen molar-refractivity contribution in [3.63, 3.8) is 0 Å². The molecule has 186 valence electrons. The van der Waals surface area contributed by atoms with Gasteiger partial charge in [0.05, 0.1) is 13.2 Å². The number of fused-ring (bicyclic) bond motifs is 1. The molecule has 3 aliphatic rings. The highest BCUT2D eigenvalue weighted by Gasteiger charge is 2.47. The van der Waals surface area contributed by atoms with Crippen molar-refractivity contribution >= 4 is 23.4 Å². The molecule has 0 aromatic heterocycles. The van der Waals surface area contributed by atoms with Crippen LogP contribution in [0.4, 0.5) is 0 Å². The monoisotopic (exact) mass is 495 g/mol. The van der Waals surface area contributed by atoms with Gasteiger partial charge < -0.3 is 15.0 Å². The first-order valence-electron chi connectivity index (χ1n) is 12.8. The Morgan fingerprint density at radius 3 is 2.60 bits per heavy atom. The largest absolute Gasteiger partial charge is 0.379 e. The van der Waals surface area contributed by atoms with Gasteiger partial charge in [-0.25, -0.2) is 0 Å². The van der Waals surface area contributed by atoms with Gasteiger partial charge in [-0.15, -0.1) is 0 Å². The lowest BCUT2D eigenvalue weighted by molar-refractivity contribution is -0.125. The van der Waals surface area contributed by atoms with Crippen molar-refractivity contribution < 1.29 is 14.3 Å².